The maximum absolute atomic E-state index is 12.8. The van der Waals surface area contributed by atoms with Gasteiger partial charge in [0, 0.05) is 24.0 Å². The van der Waals surface area contributed by atoms with Crippen LogP contribution in [0.15, 0.2) is 78.9 Å². The van der Waals surface area contributed by atoms with Gasteiger partial charge in [0.2, 0.25) is 10.0 Å². The molecule has 0 saturated carbocycles. The third-order valence-electron chi connectivity index (χ3n) is 6.71. The molecule has 6 N–H and O–H groups in total. The van der Waals surface area contributed by atoms with Crippen LogP contribution in [0.1, 0.15) is 47.0 Å². The minimum Gasteiger partial charge on any atom is -0.506 e. The third kappa shape index (κ3) is 7.97. The Balaban J connectivity index is 1.35. The number of sulfonamides is 1. The number of rotatable bonds is 11. The fourth-order valence-corrected chi connectivity index (χ4v) is 5.23. The molecule has 0 heterocycles. The number of amides is 1. The highest BCUT2D eigenvalue weighted by Gasteiger charge is 2.21. The van der Waals surface area contributed by atoms with E-state index in [4.69, 9.17) is 0 Å². The number of aliphatic hydroxyl groups is 1. The Kier molecular flexibility index (Phi) is 8.86. The molecule has 0 aromatic heterocycles. The number of aromatic hydroxyl groups is 2. The van der Waals surface area contributed by atoms with Crippen LogP contribution < -0.4 is 15.4 Å². The summed E-state index contributed by atoms with van der Waals surface area (Å²) in [5.41, 5.74) is 2.19. The van der Waals surface area contributed by atoms with Crippen LogP contribution in [0.25, 0.3) is 10.8 Å². The summed E-state index contributed by atoms with van der Waals surface area (Å²) < 4.78 is 25.4. The molecule has 10 heteroatoms. The molecule has 9 nitrogen and oxygen atoms in total. The van der Waals surface area contributed by atoms with Gasteiger partial charge in [0.1, 0.15) is 11.5 Å². The highest BCUT2D eigenvalue weighted by atomic mass is 32.2. The first-order valence-electron chi connectivity index (χ1n) is 13.1. The van der Waals surface area contributed by atoms with Crippen LogP contribution in [0.2, 0.25) is 0 Å². The quantitative estimate of drug-likeness (QED) is 0.146. The Morgan fingerprint density at radius 2 is 1.66 bits per heavy atom. The van der Waals surface area contributed by atoms with E-state index in [1.165, 1.54) is 18.2 Å². The topological polar surface area (TPSA) is 148 Å². The monoisotopic (exact) mass is 577 g/mol. The van der Waals surface area contributed by atoms with Crippen molar-refractivity contribution in [1.29, 1.82) is 0 Å². The molecule has 0 aliphatic rings. The lowest BCUT2D eigenvalue weighted by atomic mass is 9.93. The summed E-state index contributed by atoms with van der Waals surface area (Å²) in [6, 6.07) is 22.9. The number of aliphatic hydroxyl groups excluding tert-OH is 1. The largest absolute Gasteiger partial charge is 0.506 e. The molecule has 0 saturated heterocycles. The Labute approximate surface area is 239 Å². The summed E-state index contributed by atoms with van der Waals surface area (Å²) in [6.07, 6.45) is 0.671. The molecule has 4 aromatic carbocycles. The molecule has 0 aliphatic carbocycles. The molecule has 41 heavy (non-hydrogen) atoms. The summed E-state index contributed by atoms with van der Waals surface area (Å²) in [5, 5.41) is 39.0. The molecule has 4 rings (SSSR count). The molecule has 1 atom stereocenters. The van der Waals surface area contributed by atoms with E-state index in [1.807, 2.05) is 62.4 Å². The minimum atomic E-state index is -3.59. The van der Waals surface area contributed by atoms with E-state index >= 15 is 0 Å². The zero-order valence-corrected chi connectivity index (χ0v) is 24.0. The first-order valence-corrected chi connectivity index (χ1v) is 15.0. The Morgan fingerprint density at radius 1 is 0.927 bits per heavy atom. The molecule has 0 bridgehead atoms. The molecule has 1 amide bonds. The van der Waals surface area contributed by atoms with Crippen LogP contribution in [-0.2, 0) is 23.0 Å². The highest BCUT2D eigenvalue weighted by molar-refractivity contribution is 7.92. The molecule has 0 aliphatic heterocycles. The maximum atomic E-state index is 12.8. The van der Waals surface area contributed by atoms with Crippen LogP contribution in [0.5, 0.6) is 11.5 Å². The van der Waals surface area contributed by atoms with Gasteiger partial charge in [0.15, 0.2) is 0 Å². The SMILES string of the molecule is CC(C)(Cc1cccc(CNC(=O)c2ccc3ccccc3c2O)c1)NC[C@@H](O)c1ccc(O)c(NS(C)(=O)=O)c1. The highest BCUT2D eigenvalue weighted by Crippen LogP contribution is 2.29. The molecule has 0 unspecified atom stereocenters. The number of nitrogens with one attached hydrogen (secondary N) is 3. The van der Waals surface area contributed by atoms with E-state index in [-0.39, 0.29) is 41.7 Å². The van der Waals surface area contributed by atoms with Crippen molar-refractivity contribution in [3.05, 3.63) is 101 Å². The number of β-amino-alcohol motifs (C(OH)–C–C–N with tert-alkyl or cyclic N) is 1. The molecule has 216 valence electrons. The fraction of sp³-hybridized carbons (Fsp3) is 0.258. The van der Waals surface area contributed by atoms with Crippen LogP contribution >= 0.6 is 0 Å². The average Bonchev–Trinajstić information content (AvgIpc) is 2.91. The van der Waals surface area contributed by atoms with Crippen LogP contribution in [-0.4, -0.2) is 48.0 Å². The normalized spacial score (nSPS) is 12.7. The lowest BCUT2D eigenvalue weighted by molar-refractivity contribution is 0.0948. The third-order valence-corrected chi connectivity index (χ3v) is 7.30. The summed E-state index contributed by atoms with van der Waals surface area (Å²) in [6.45, 7) is 4.49. The first-order chi connectivity index (χ1) is 19.3. The van der Waals surface area contributed by atoms with Gasteiger partial charge in [-0.3, -0.25) is 9.52 Å². The molecule has 0 spiro atoms. The lowest BCUT2D eigenvalue weighted by Gasteiger charge is -2.28. The van der Waals surface area contributed by atoms with E-state index in [9.17, 15) is 28.5 Å². The Hall–Kier alpha value is -4.12. The van der Waals surface area contributed by atoms with Crippen molar-refractivity contribution in [3.8, 4) is 11.5 Å². The predicted octanol–water partition coefficient (Wildman–Crippen LogP) is 4.20. The van der Waals surface area contributed by atoms with Crippen molar-refractivity contribution < 1.29 is 28.5 Å². The van der Waals surface area contributed by atoms with Gasteiger partial charge in [0.25, 0.3) is 5.91 Å². The van der Waals surface area contributed by atoms with E-state index in [0.717, 1.165) is 22.8 Å². The maximum Gasteiger partial charge on any atom is 0.255 e. The second-order valence-corrected chi connectivity index (χ2v) is 12.5. The van der Waals surface area contributed by atoms with E-state index in [0.29, 0.717) is 17.4 Å². The number of phenols is 2. The van der Waals surface area contributed by atoms with Gasteiger partial charge < -0.3 is 26.0 Å². The number of hydrogen-bond donors (Lipinski definition) is 6. The second kappa shape index (κ2) is 12.2. The number of anilines is 1. The van der Waals surface area contributed by atoms with Crippen LogP contribution in [0.3, 0.4) is 0 Å². The van der Waals surface area contributed by atoms with Crippen molar-refractivity contribution >= 4 is 32.4 Å². The molecule has 0 fully saturated rings. The van der Waals surface area contributed by atoms with Gasteiger partial charge in [-0.1, -0.05) is 60.7 Å². The zero-order chi connectivity index (χ0) is 29.8. The van der Waals surface area contributed by atoms with Crippen LogP contribution in [0.4, 0.5) is 5.69 Å². The number of carbonyl (C=O) groups excluding carboxylic acids is 1. The van der Waals surface area contributed by atoms with Gasteiger partial charge in [-0.25, -0.2) is 8.42 Å². The molecular formula is C31H35N3O6S. The predicted molar refractivity (Wildman–Crippen MR) is 161 cm³/mol. The minimum absolute atomic E-state index is 0.00282. The average molecular weight is 578 g/mol. The number of carbonyl (C=O) groups is 1. The van der Waals surface area contributed by atoms with Gasteiger partial charge in [0.05, 0.1) is 23.6 Å². The van der Waals surface area contributed by atoms with Gasteiger partial charge in [-0.05, 0) is 60.5 Å². The standard InChI is InChI=1S/C31H35N3O6S/c1-31(2,33-19-28(36)23-12-14-27(35)26(16-23)34-41(3,39)40)17-20-7-6-8-21(15-20)18-32-30(38)25-13-11-22-9-4-5-10-24(22)29(25)37/h4-16,28,33-37H,17-19H2,1-3H3,(H,32,38)/t28-/m1/s1. The molecule has 4 aromatic rings. The fourth-order valence-electron chi connectivity index (χ4n) is 4.67. The molecular weight excluding hydrogens is 542 g/mol. The zero-order valence-electron chi connectivity index (χ0n) is 23.2. The number of phenolic OH excluding ortho intramolecular Hbond substituents is 2. The van der Waals surface area contributed by atoms with E-state index < -0.39 is 21.7 Å². The first kappa shape index (κ1) is 29.9. The van der Waals surface area contributed by atoms with Crippen molar-refractivity contribution in [2.45, 2.75) is 38.5 Å². The number of fused-ring (bicyclic) bond motifs is 1. The summed E-state index contributed by atoms with van der Waals surface area (Å²) >= 11 is 0. The van der Waals surface area contributed by atoms with Crippen molar-refractivity contribution in [1.82, 2.24) is 10.6 Å². The molecule has 0 radical (unpaired) electrons. The summed E-state index contributed by atoms with van der Waals surface area (Å²) in [5.74, 6) is -0.636. The number of hydrogen-bond acceptors (Lipinski definition) is 7. The van der Waals surface area contributed by atoms with E-state index in [2.05, 4.69) is 15.4 Å². The smallest absolute Gasteiger partial charge is 0.255 e. The van der Waals surface area contributed by atoms with E-state index in [1.54, 1.807) is 12.1 Å². The van der Waals surface area contributed by atoms with Gasteiger partial charge >= 0.3 is 0 Å². The van der Waals surface area contributed by atoms with Crippen molar-refractivity contribution in [2.75, 3.05) is 17.5 Å². The number of benzene rings is 4. The van der Waals surface area contributed by atoms with Crippen LogP contribution in [0, 0.1) is 0 Å². The Morgan fingerprint density at radius 3 is 2.41 bits per heavy atom. The van der Waals surface area contributed by atoms with Crippen molar-refractivity contribution in [2.24, 2.45) is 0 Å². The van der Waals surface area contributed by atoms with Gasteiger partial charge in [-0.15, -0.1) is 0 Å². The second-order valence-electron chi connectivity index (χ2n) is 10.8. The summed E-state index contributed by atoms with van der Waals surface area (Å²) in [7, 11) is -3.59. The Bertz CT molecular complexity index is 1670. The van der Waals surface area contributed by atoms with Gasteiger partial charge in [-0.2, -0.15) is 0 Å². The lowest BCUT2D eigenvalue weighted by Crippen LogP contribution is -2.43. The summed E-state index contributed by atoms with van der Waals surface area (Å²) in [4.78, 5) is 12.8. The van der Waals surface area contributed by atoms with Crippen molar-refractivity contribution in [3.63, 3.8) is 0 Å².